The first-order valence-electron chi connectivity index (χ1n) is 5.36. The van der Waals surface area contributed by atoms with Crippen molar-refractivity contribution in [1.29, 1.82) is 5.26 Å². The summed E-state index contributed by atoms with van der Waals surface area (Å²) >= 11 is 2.93. The Labute approximate surface area is 116 Å². The van der Waals surface area contributed by atoms with Gasteiger partial charge in [-0.3, -0.25) is 4.79 Å². The fourth-order valence-corrected chi connectivity index (χ4v) is 1.77. The van der Waals surface area contributed by atoms with Crippen LogP contribution in [0.15, 0.2) is 22.7 Å². The molecule has 0 aliphatic rings. The molecule has 0 saturated heterocycles. The van der Waals surface area contributed by atoms with E-state index in [1.807, 2.05) is 0 Å². The van der Waals surface area contributed by atoms with Crippen molar-refractivity contribution in [2.45, 2.75) is 25.6 Å². The summed E-state index contributed by atoms with van der Waals surface area (Å²) in [6, 6.07) is 4.25. The summed E-state index contributed by atoms with van der Waals surface area (Å²) in [5, 5.41) is 10.9. The van der Waals surface area contributed by atoms with Gasteiger partial charge in [-0.1, -0.05) is 22.9 Å². The van der Waals surface area contributed by atoms with E-state index in [4.69, 9.17) is 5.26 Å². The maximum atomic E-state index is 12.8. The lowest BCUT2D eigenvalue weighted by molar-refractivity contribution is -0.138. The van der Waals surface area contributed by atoms with E-state index in [9.17, 15) is 18.0 Å². The van der Waals surface area contributed by atoms with Crippen molar-refractivity contribution in [1.82, 2.24) is 5.32 Å². The van der Waals surface area contributed by atoms with Gasteiger partial charge in [0.05, 0.1) is 17.2 Å². The molecule has 1 atom stereocenters. The highest BCUT2D eigenvalue weighted by Gasteiger charge is 2.35. The number of hydrogen-bond donors (Lipinski definition) is 1. The topological polar surface area (TPSA) is 52.9 Å². The van der Waals surface area contributed by atoms with Gasteiger partial charge in [0.15, 0.2) is 0 Å². The number of carbonyl (C=O) groups excluding carboxylic acids is 1. The van der Waals surface area contributed by atoms with Crippen LogP contribution >= 0.6 is 15.9 Å². The molecule has 7 heteroatoms. The molecule has 3 nitrogen and oxygen atoms in total. The van der Waals surface area contributed by atoms with Gasteiger partial charge in [0.25, 0.3) is 5.91 Å². The Kier molecular flexibility index (Phi) is 4.95. The number of nitrogens with zero attached hydrogens (tertiary/aromatic N) is 1. The lowest BCUT2D eigenvalue weighted by Crippen LogP contribution is -2.34. The summed E-state index contributed by atoms with van der Waals surface area (Å²) in [5.74, 6) is -0.909. The number of amides is 1. The van der Waals surface area contributed by atoms with Crippen molar-refractivity contribution >= 4 is 21.8 Å². The molecular formula is C12H10BrF3N2O. The summed E-state index contributed by atoms with van der Waals surface area (Å²) in [4.78, 5) is 11.8. The van der Waals surface area contributed by atoms with Crippen LogP contribution in [0.1, 0.15) is 29.3 Å². The van der Waals surface area contributed by atoms with Gasteiger partial charge < -0.3 is 5.32 Å². The molecule has 0 radical (unpaired) electrons. The van der Waals surface area contributed by atoms with Gasteiger partial charge in [-0.25, -0.2) is 0 Å². The van der Waals surface area contributed by atoms with Crippen molar-refractivity contribution in [2.24, 2.45) is 0 Å². The molecule has 1 amide bonds. The van der Waals surface area contributed by atoms with Crippen LogP contribution in [0.25, 0.3) is 0 Å². The minimum Gasteiger partial charge on any atom is -0.336 e. The highest BCUT2D eigenvalue weighted by atomic mass is 79.9. The van der Waals surface area contributed by atoms with E-state index in [0.29, 0.717) is 6.42 Å². The van der Waals surface area contributed by atoms with Crippen molar-refractivity contribution < 1.29 is 18.0 Å². The maximum absolute atomic E-state index is 12.8. The summed E-state index contributed by atoms with van der Waals surface area (Å²) in [6.45, 7) is 1.65. The smallest absolute Gasteiger partial charge is 0.336 e. The molecule has 0 aliphatic heterocycles. The van der Waals surface area contributed by atoms with Gasteiger partial charge in [0, 0.05) is 4.47 Å². The number of nitriles is 1. The van der Waals surface area contributed by atoms with E-state index in [2.05, 4.69) is 21.2 Å². The lowest BCUT2D eigenvalue weighted by atomic mass is 10.1. The molecular weight excluding hydrogens is 325 g/mol. The molecule has 0 saturated carbocycles. The van der Waals surface area contributed by atoms with Crippen LogP contribution in [0, 0.1) is 11.3 Å². The van der Waals surface area contributed by atoms with Gasteiger partial charge in [0.1, 0.15) is 6.04 Å². The second kappa shape index (κ2) is 6.06. The highest BCUT2D eigenvalue weighted by Crippen LogP contribution is 2.33. The molecule has 19 heavy (non-hydrogen) atoms. The number of rotatable bonds is 3. The van der Waals surface area contributed by atoms with Gasteiger partial charge in [-0.2, -0.15) is 18.4 Å². The third kappa shape index (κ3) is 3.96. The SMILES string of the molecule is CCC(C#N)NC(=O)c1ccc(Br)cc1C(F)(F)F. The average molecular weight is 335 g/mol. The number of carbonyl (C=O) groups is 1. The molecule has 0 bridgehead atoms. The standard InChI is InChI=1S/C12H10BrF3N2O/c1-2-8(6-17)18-11(19)9-4-3-7(13)5-10(9)12(14,15)16/h3-5,8H,2H2,1H3,(H,18,19). The molecule has 102 valence electrons. The van der Waals surface area contributed by atoms with Gasteiger partial charge in [0.2, 0.25) is 0 Å². The average Bonchev–Trinajstić information content (AvgIpc) is 2.34. The molecule has 1 aromatic carbocycles. The summed E-state index contributed by atoms with van der Waals surface area (Å²) in [6.07, 6.45) is -4.31. The monoisotopic (exact) mass is 334 g/mol. The predicted molar refractivity (Wildman–Crippen MR) is 66.3 cm³/mol. The van der Waals surface area contributed by atoms with E-state index >= 15 is 0 Å². The zero-order chi connectivity index (χ0) is 14.6. The van der Waals surface area contributed by atoms with Crippen molar-refractivity contribution in [3.8, 4) is 6.07 Å². The minimum absolute atomic E-state index is 0.226. The van der Waals surface area contributed by atoms with Gasteiger partial charge in [-0.15, -0.1) is 0 Å². The lowest BCUT2D eigenvalue weighted by Gasteiger charge is -2.14. The Morgan fingerprint density at radius 2 is 2.16 bits per heavy atom. The van der Waals surface area contributed by atoms with E-state index in [1.54, 1.807) is 13.0 Å². The number of alkyl halides is 3. The second-order valence-corrected chi connectivity index (χ2v) is 4.67. The highest BCUT2D eigenvalue weighted by molar-refractivity contribution is 9.10. The number of nitrogens with one attached hydrogen (secondary N) is 1. The zero-order valence-electron chi connectivity index (χ0n) is 9.88. The third-order valence-corrected chi connectivity index (χ3v) is 2.89. The van der Waals surface area contributed by atoms with Crippen LogP contribution < -0.4 is 5.32 Å². The van der Waals surface area contributed by atoms with Crippen LogP contribution in [0.2, 0.25) is 0 Å². The Morgan fingerprint density at radius 1 is 1.53 bits per heavy atom. The van der Waals surface area contributed by atoms with Crippen LogP contribution in [0.5, 0.6) is 0 Å². The van der Waals surface area contributed by atoms with Crippen molar-refractivity contribution in [3.05, 3.63) is 33.8 Å². The normalized spacial score (nSPS) is 12.6. The van der Waals surface area contributed by atoms with Crippen LogP contribution in [0.4, 0.5) is 13.2 Å². The summed E-state index contributed by atoms with van der Waals surface area (Å²) in [7, 11) is 0. The van der Waals surface area contributed by atoms with E-state index in [1.165, 1.54) is 6.07 Å². The van der Waals surface area contributed by atoms with Crippen LogP contribution in [-0.4, -0.2) is 11.9 Å². The molecule has 1 rings (SSSR count). The van der Waals surface area contributed by atoms with Crippen LogP contribution in [0.3, 0.4) is 0 Å². The number of benzene rings is 1. The molecule has 1 aromatic rings. The quantitative estimate of drug-likeness (QED) is 0.919. The number of halogens is 4. The fraction of sp³-hybridized carbons (Fsp3) is 0.333. The van der Waals surface area contributed by atoms with E-state index < -0.39 is 29.3 Å². The molecule has 1 unspecified atom stereocenters. The van der Waals surface area contributed by atoms with Gasteiger partial charge in [-0.05, 0) is 24.6 Å². The first-order chi connectivity index (χ1) is 8.79. The molecule has 0 fully saturated rings. The largest absolute Gasteiger partial charge is 0.417 e. The minimum atomic E-state index is -4.63. The molecule has 0 heterocycles. The Bertz CT molecular complexity index is 523. The Hall–Kier alpha value is -1.55. The van der Waals surface area contributed by atoms with Crippen molar-refractivity contribution in [2.75, 3.05) is 0 Å². The van der Waals surface area contributed by atoms with Gasteiger partial charge >= 0.3 is 6.18 Å². The second-order valence-electron chi connectivity index (χ2n) is 3.75. The summed E-state index contributed by atoms with van der Waals surface area (Å²) in [5.41, 5.74) is -1.53. The Balaban J connectivity index is 3.14. The first-order valence-corrected chi connectivity index (χ1v) is 6.16. The van der Waals surface area contributed by atoms with E-state index in [0.717, 1.165) is 12.1 Å². The number of hydrogen-bond acceptors (Lipinski definition) is 2. The molecule has 0 aromatic heterocycles. The molecule has 1 N–H and O–H groups in total. The fourth-order valence-electron chi connectivity index (χ4n) is 1.41. The summed E-state index contributed by atoms with van der Waals surface area (Å²) < 4.78 is 38.7. The first kappa shape index (κ1) is 15.5. The molecule has 0 aliphatic carbocycles. The maximum Gasteiger partial charge on any atom is 0.417 e. The van der Waals surface area contributed by atoms with Crippen LogP contribution in [-0.2, 0) is 6.18 Å². The molecule has 0 spiro atoms. The predicted octanol–water partition coefficient (Wildman–Crippen LogP) is 3.50. The Morgan fingerprint density at radius 3 is 2.63 bits per heavy atom. The zero-order valence-corrected chi connectivity index (χ0v) is 11.5. The van der Waals surface area contributed by atoms with Crippen molar-refractivity contribution in [3.63, 3.8) is 0 Å². The van der Waals surface area contributed by atoms with E-state index in [-0.39, 0.29) is 4.47 Å². The third-order valence-electron chi connectivity index (χ3n) is 2.40.